The van der Waals surface area contributed by atoms with Crippen molar-refractivity contribution in [1.82, 2.24) is 9.88 Å². The van der Waals surface area contributed by atoms with Crippen molar-refractivity contribution in [2.75, 3.05) is 50.5 Å². The van der Waals surface area contributed by atoms with Gasteiger partial charge in [-0.1, -0.05) is 29.0 Å². The molecule has 3 aromatic rings. The van der Waals surface area contributed by atoms with Gasteiger partial charge in [0.2, 0.25) is 0 Å². The van der Waals surface area contributed by atoms with E-state index in [-0.39, 0.29) is 23.2 Å². The number of morpholine rings is 1. The molecule has 2 heterocycles. The molecule has 0 saturated carbocycles. The predicted octanol–water partition coefficient (Wildman–Crippen LogP) is 4.45. The SMILES string of the molecule is Cc1cc(Cl)cc2sc(N(CCCN3CCOCC3)C(=O)c3cccc(S(C)(=O)=O)c3)nc12.Cl. The van der Waals surface area contributed by atoms with E-state index in [1.165, 1.54) is 23.5 Å². The summed E-state index contributed by atoms with van der Waals surface area (Å²) in [6.07, 6.45) is 1.89. The third kappa shape index (κ3) is 6.27. The minimum atomic E-state index is -3.43. The van der Waals surface area contributed by atoms with Crippen molar-refractivity contribution in [1.29, 1.82) is 0 Å². The van der Waals surface area contributed by atoms with Crippen molar-refractivity contribution < 1.29 is 17.9 Å². The van der Waals surface area contributed by atoms with E-state index < -0.39 is 9.84 Å². The molecule has 1 aromatic heterocycles. The average Bonchev–Trinajstić information content (AvgIpc) is 3.20. The van der Waals surface area contributed by atoms with Crippen LogP contribution in [-0.4, -0.2) is 69.9 Å². The monoisotopic (exact) mass is 543 g/mol. The molecule has 1 aliphatic heterocycles. The quantitative estimate of drug-likeness (QED) is 0.437. The second kappa shape index (κ2) is 11.3. The highest BCUT2D eigenvalue weighted by atomic mass is 35.5. The number of sulfone groups is 1. The first-order valence-corrected chi connectivity index (χ1v) is 13.8. The van der Waals surface area contributed by atoms with E-state index in [1.54, 1.807) is 17.0 Å². The van der Waals surface area contributed by atoms with Crippen LogP contribution in [0, 0.1) is 6.92 Å². The molecule has 4 rings (SSSR count). The third-order valence-corrected chi connectivity index (χ3v) is 7.94. The summed E-state index contributed by atoms with van der Waals surface area (Å²) in [5.41, 5.74) is 2.08. The van der Waals surface area contributed by atoms with Crippen molar-refractivity contribution in [2.45, 2.75) is 18.2 Å². The molecule has 2 aromatic carbocycles. The Bertz CT molecular complexity index is 1270. The van der Waals surface area contributed by atoms with Gasteiger partial charge in [-0.3, -0.25) is 14.6 Å². The van der Waals surface area contributed by atoms with Gasteiger partial charge in [-0.05, 0) is 49.2 Å². The average molecular weight is 545 g/mol. The maximum atomic E-state index is 13.6. The summed E-state index contributed by atoms with van der Waals surface area (Å²) >= 11 is 7.64. The van der Waals surface area contributed by atoms with Crippen LogP contribution in [0.5, 0.6) is 0 Å². The van der Waals surface area contributed by atoms with E-state index in [4.69, 9.17) is 21.3 Å². The summed E-state index contributed by atoms with van der Waals surface area (Å²) in [7, 11) is -3.43. The number of fused-ring (bicyclic) bond motifs is 1. The lowest BCUT2D eigenvalue weighted by Crippen LogP contribution is -2.39. The summed E-state index contributed by atoms with van der Waals surface area (Å²) < 4.78 is 30.4. The number of rotatable bonds is 7. The molecule has 1 fully saturated rings. The van der Waals surface area contributed by atoms with Gasteiger partial charge in [0.25, 0.3) is 5.91 Å². The lowest BCUT2D eigenvalue weighted by Gasteiger charge is -2.27. The Kier molecular flexibility index (Phi) is 8.94. The normalized spacial score (nSPS) is 14.7. The predicted molar refractivity (Wildman–Crippen MR) is 140 cm³/mol. The molecule has 0 unspecified atom stereocenters. The topological polar surface area (TPSA) is 79.8 Å². The highest BCUT2D eigenvalue weighted by Gasteiger charge is 2.23. The zero-order valence-corrected chi connectivity index (χ0v) is 22.2. The van der Waals surface area contributed by atoms with E-state index in [0.29, 0.717) is 22.3 Å². The number of benzene rings is 2. The molecule has 0 bridgehead atoms. The maximum Gasteiger partial charge on any atom is 0.260 e. The highest BCUT2D eigenvalue weighted by molar-refractivity contribution is 7.90. The van der Waals surface area contributed by atoms with E-state index in [9.17, 15) is 13.2 Å². The molecule has 184 valence electrons. The number of aryl methyl sites for hydroxylation is 1. The summed E-state index contributed by atoms with van der Waals surface area (Å²) in [4.78, 5) is 22.4. The van der Waals surface area contributed by atoms with Crippen LogP contribution < -0.4 is 4.90 Å². The number of carbonyl (C=O) groups is 1. The largest absolute Gasteiger partial charge is 0.379 e. The van der Waals surface area contributed by atoms with Gasteiger partial charge in [-0.25, -0.2) is 13.4 Å². The van der Waals surface area contributed by atoms with Crippen molar-refractivity contribution in [3.8, 4) is 0 Å². The standard InChI is InChI=1S/C23H26ClN3O4S2.ClH/c1-16-13-18(24)15-20-21(16)25-23(32-20)27(8-4-7-26-9-11-31-12-10-26)22(28)17-5-3-6-19(14-17)33(2,29)30;/h3,5-6,13-15H,4,7-12H2,1-2H3;1H. The second-order valence-corrected chi connectivity index (χ2v) is 11.6. The van der Waals surface area contributed by atoms with Crippen LogP contribution in [0.4, 0.5) is 5.13 Å². The molecule has 1 amide bonds. The first-order chi connectivity index (χ1) is 15.7. The summed E-state index contributed by atoms with van der Waals surface area (Å²) in [6.45, 7) is 6.44. The Balaban J connectivity index is 0.00000324. The number of halogens is 2. The van der Waals surface area contributed by atoms with E-state index in [2.05, 4.69) is 4.90 Å². The molecule has 0 atom stereocenters. The lowest BCUT2D eigenvalue weighted by molar-refractivity contribution is 0.0376. The Hall–Kier alpha value is -1.75. The fraction of sp³-hybridized carbons (Fsp3) is 0.391. The van der Waals surface area contributed by atoms with Gasteiger partial charge in [0.05, 0.1) is 28.3 Å². The van der Waals surface area contributed by atoms with E-state index in [0.717, 1.165) is 61.3 Å². The molecule has 0 radical (unpaired) electrons. The Morgan fingerprint density at radius 3 is 2.68 bits per heavy atom. The summed E-state index contributed by atoms with van der Waals surface area (Å²) in [5.74, 6) is -0.273. The van der Waals surface area contributed by atoms with Crippen LogP contribution in [0.1, 0.15) is 22.3 Å². The van der Waals surface area contributed by atoms with Gasteiger partial charge in [-0.15, -0.1) is 12.4 Å². The maximum absolute atomic E-state index is 13.6. The van der Waals surface area contributed by atoms with Crippen molar-refractivity contribution in [2.24, 2.45) is 0 Å². The van der Waals surface area contributed by atoms with E-state index >= 15 is 0 Å². The molecule has 0 spiro atoms. The lowest BCUT2D eigenvalue weighted by atomic mass is 10.2. The Labute approximate surface area is 215 Å². The van der Waals surface area contributed by atoms with Crippen molar-refractivity contribution in [3.63, 3.8) is 0 Å². The Morgan fingerprint density at radius 1 is 1.24 bits per heavy atom. The molecule has 34 heavy (non-hydrogen) atoms. The van der Waals surface area contributed by atoms with Crippen LogP contribution in [-0.2, 0) is 14.6 Å². The first-order valence-electron chi connectivity index (χ1n) is 10.7. The zero-order chi connectivity index (χ0) is 23.6. The number of anilines is 1. The van der Waals surface area contributed by atoms with Gasteiger partial charge >= 0.3 is 0 Å². The summed E-state index contributed by atoms with van der Waals surface area (Å²) in [5, 5.41) is 1.20. The molecule has 1 aliphatic rings. The molecule has 0 N–H and O–H groups in total. The van der Waals surface area contributed by atoms with Crippen molar-refractivity contribution in [3.05, 3.63) is 52.5 Å². The number of nitrogens with zero attached hydrogens (tertiary/aromatic N) is 3. The van der Waals surface area contributed by atoms with Gasteiger partial charge in [-0.2, -0.15) is 0 Å². The fourth-order valence-corrected chi connectivity index (χ4v) is 5.95. The smallest absolute Gasteiger partial charge is 0.260 e. The number of amides is 1. The minimum Gasteiger partial charge on any atom is -0.379 e. The molecule has 0 aliphatic carbocycles. The van der Waals surface area contributed by atoms with Crippen LogP contribution in [0.2, 0.25) is 5.02 Å². The van der Waals surface area contributed by atoms with Gasteiger partial charge < -0.3 is 4.74 Å². The van der Waals surface area contributed by atoms with Gasteiger partial charge in [0, 0.05) is 43.0 Å². The van der Waals surface area contributed by atoms with Crippen LogP contribution in [0.25, 0.3) is 10.2 Å². The Morgan fingerprint density at radius 2 is 1.97 bits per heavy atom. The second-order valence-electron chi connectivity index (χ2n) is 8.13. The van der Waals surface area contributed by atoms with E-state index in [1.807, 2.05) is 19.1 Å². The van der Waals surface area contributed by atoms with Crippen LogP contribution >= 0.6 is 35.3 Å². The molecule has 11 heteroatoms. The molecular formula is C23H27Cl2N3O4S2. The van der Waals surface area contributed by atoms with Crippen LogP contribution in [0.15, 0.2) is 41.3 Å². The number of aromatic nitrogens is 1. The third-order valence-electron chi connectivity index (χ3n) is 5.58. The number of hydrogen-bond acceptors (Lipinski definition) is 7. The number of hydrogen-bond donors (Lipinski definition) is 0. The number of carbonyl (C=O) groups excluding carboxylic acids is 1. The molecular weight excluding hydrogens is 517 g/mol. The zero-order valence-electron chi connectivity index (χ0n) is 19.0. The number of ether oxygens (including phenoxy) is 1. The van der Waals surface area contributed by atoms with Gasteiger partial charge in [0.1, 0.15) is 0 Å². The van der Waals surface area contributed by atoms with Gasteiger partial charge in [0.15, 0.2) is 15.0 Å². The summed E-state index contributed by atoms with van der Waals surface area (Å²) in [6, 6.07) is 9.87. The number of thiazole rings is 1. The first kappa shape index (κ1) is 26.8. The molecule has 1 saturated heterocycles. The fourth-order valence-electron chi connectivity index (χ4n) is 3.83. The van der Waals surface area contributed by atoms with Crippen LogP contribution in [0.3, 0.4) is 0 Å². The highest BCUT2D eigenvalue weighted by Crippen LogP contribution is 2.34. The molecule has 7 nitrogen and oxygen atoms in total. The minimum absolute atomic E-state index is 0. The van der Waals surface area contributed by atoms with Crippen molar-refractivity contribution >= 4 is 66.4 Å².